The van der Waals surface area contributed by atoms with Crippen LogP contribution in [0, 0.1) is 17.7 Å². The summed E-state index contributed by atoms with van der Waals surface area (Å²) in [5, 5.41) is 50.7. The van der Waals surface area contributed by atoms with Crippen LogP contribution in [0.4, 0.5) is 10.3 Å². The molecule has 6 N–H and O–H groups in total. The number of nitrogens with zero attached hydrogens (tertiary/aromatic N) is 4. The Morgan fingerprint density at radius 2 is 1.73 bits per heavy atom. The van der Waals surface area contributed by atoms with Crippen molar-refractivity contribution < 1.29 is 39.5 Å². The summed E-state index contributed by atoms with van der Waals surface area (Å²) in [5.41, 5.74) is 2.20. The molecular formula is C32H48FN5O7. The molecule has 1 amide bonds. The molecule has 4 rings (SSSR count). The number of aromatic nitrogens is 2. The molecule has 2 aliphatic rings. The highest BCUT2D eigenvalue weighted by Crippen LogP contribution is 2.24. The Balaban J connectivity index is 1.08. The minimum Gasteiger partial charge on any atom is -0.394 e. The largest absolute Gasteiger partial charge is 0.394 e. The molecule has 0 saturated carbocycles. The molecule has 250 valence electrons. The van der Waals surface area contributed by atoms with E-state index in [4.69, 9.17) is 9.84 Å². The van der Waals surface area contributed by atoms with E-state index in [2.05, 4.69) is 27.1 Å². The van der Waals surface area contributed by atoms with E-state index in [9.17, 15) is 29.6 Å². The molecule has 2 aliphatic heterocycles. The van der Waals surface area contributed by atoms with Gasteiger partial charge < -0.3 is 45.4 Å². The van der Waals surface area contributed by atoms with Crippen molar-refractivity contribution in [3.05, 3.63) is 53.1 Å². The zero-order valence-corrected chi connectivity index (χ0v) is 26.0. The van der Waals surface area contributed by atoms with Gasteiger partial charge in [-0.25, -0.2) is 14.4 Å². The van der Waals surface area contributed by atoms with E-state index in [1.165, 1.54) is 6.07 Å². The smallest absolute Gasteiger partial charge is 0.227 e. The summed E-state index contributed by atoms with van der Waals surface area (Å²) >= 11 is 0. The number of halogens is 1. The van der Waals surface area contributed by atoms with Crippen LogP contribution in [0.2, 0.25) is 0 Å². The molecule has 0 spiro atoms. The lowest BCUT2D eigenvalue weighted by molar-refractivity contribution is -0.136. The highest BCUT2D eigenvalue weighted by molar-refractivity contribution is 5.79. The molecular weight excluding hydrogens is 585 g/mol. The van der Waals surface area contributed by atoms with Gasteiger partial charge in [0.1, 0.15) is 24.1 Å². The summed E-state index contributed by atoms with van der Waals surface area (Å²) in [6, 6.07) is 4.88. The standard InChI is InChI=1S/C32H48FN5O7/c1-2-21-14-35-32(36-15-21)37-8-5-22(6-9-37)7-10-45-20-23-3-4-25(26(33)11-23)12-29(42)38-17-24(18-38)13-34-16-27(40)30(43)31(44)28(41)19-39/h3-4,11,14-15,22,24,27-28,30-31,34,39-41,43-44H,2,5-10,12-13,16-20H2,1H3/t27-,28+,30+,31+/m0/s1. The predicted molar refractivity (Wildman–Crippen MR) is 165 cm³/mol. The Morgan fingerprint density at radius 3 is 2.38 bits per heavy atom. The molecule has 0 aliphatic carbocycles. The average Bonchev–Trinajstić information content (AvgIpc) is 3.04. The van der Waals surface area contributed by atoms with Gasteiger partial charge in [0.25, 0.3) is 0 Å². The van der Waals surface area contributed by atoms with Crippen LogP contribution in [-0.4, -0.2) is 123 Å². The van der Waals surface area contributed by atoms with Crippen molar-refractivity contribution in [1.82, 2.24) is 20.2 Å². The second-order valence-corrected chi connectivity index (χ2v) is 12.2. The fourth-order valence-corrected chi connectivity index (χ4v) is 5.68. The first kappa shape index (κ1) is 35.1. The molecule has 12 nitrogen and oxygen atoms in total. The summed E-state index contributed by atoms with van der Waals surface area (Å²) in [4.78, 5) is 25.5. The number of likely N-dealkylation sites (tertiary alicyclic amines) is 1. The number of hydrogen-bond acceptors (Lipinski definition) is 11. The van der Waals surface area contributed by atoms with Crippen molar-refractivity contribution in [3.8, 4) is 0 Å². The van der Waals surface area contributed by atoms with E-state index in [1.807, 2.05) is 12.4 Å². The lowest BCUT2D eigenvalue weighted by Crippen LogP contribution is -2.55. The Kier molecular flexibility index (Phi) is 13.4. The van der Waals surface area contributed by atoms with Gasteiger partial charge in [-0.1, -0.05) is 19.1 Å². The van der Waals surface area contributed by atoms with Crippen LogP contribution < -0.4 is 10.2 Å². The normalized spacial score (nSPS) is 18.8. The second kappa shape index (κ2) is 17.2. The van der Waals surface area contributed by atoms with Crippen LogP contribution >= 0.6 is 0 Å². The Bertz CT molecular complexity index is 1190. The van der Waals surface area contributed by atoms with E-state index in [1.54, 1.807) is 17.0 Å². The van der Waals surface area contributed by atoms with Gasteiger partial charge in [0.15, 0.2) is 0 Å². The number of amides is 1. The van der Waals surface area contributed by atoms with Gasteiger partial charge in [0.2, 0.25) is 11.9 Å². The van der Waals surface area contributed by atoms with E-state index >= 15 is 0 Å². The Labute approximate surface area is 263 Å². The minimum absolute atomic E-state index is 0.0322. The Hall–Kier alpha value is -2.78. The number of hydrogen-bond donors (Lipinski definition) is 6. The zero-order chi connectivity index (χ0) is 32.3. The van der Waals surface area contributed by atoms with Gasteiger partial charge in [-0.3, -0.25) is 4.79 Å². The van der Waals surface area contributed by atoms with Crippen LogP contribution in [0.3, 0.4) is 0 Å². The molecule has 3 heterocycles. The number of ether oxygens (including phenoxy) is 1. The number of aryl methyl sites for hydroxylation is 1. The summed E-state index contributed by atoms with van der Waals surface area (Å²) in [6.45, 7) is 5.54. The molecule has 2 fully saturated rings. The van der Waals surface area contributed by atoms with Crippen molar-refractivity contribution in [2.24, 2.45) is 11.8 Å². The molecule has 2 saturated heterocycles. The van der Waals surface area contributed by atoms with E-state index in [0.29, 0.717) is 44.3 Å². The quantitative estimate of drug-likeness (QED) is 0.130. The number of rotatable bonds is 17. The molecule has 45 heavy (non-hydrogen) atoms. The number of aliphatic hydroxyl groups excluding tert-OH is 5. The number of aliphatic hydroxyl groups is 5. The monoisotopic (exact) mass is 633 g/mol. The van der Waals surface area contributed by atoms with Gasteiger partial charge in [0.05, 0.1) is 25.7 Å². The number of carbonyl (C=O) groups is 1. The lowest BCUT2D eigenvalue weighted by atomic mass is 9.94. The first-order valence-corrected chi connectivity index (χ1v) is 15.9. The van der Waals surface area contributed by atoms with Crippen molar-refractivity contribution in [1.29, 1.82) is 0 Å². The molecule has 0 unspecified atom stereocenters. The molecule has 0 bridgehead atoms. The van der Waals surface area contributed by atoms with Crippen LogP contribution in [-0.2, 0) is 29.0 Å². The summed E-state index contributed by atoms with van der Waals surface area (Å²) in [6.07, 6.45) is 1.58. The summed E-state index contributed by atoms with van der Waals surface area (Å²) in [5.74, 6) is 0.912. The first-order valence-electron chi connectivity index (χ1n) is 15.9. The van der Waals surface area contributed by atoms with Gasteiger partial charge >= 0.3 is 0 Å². The minimum atomic E-state index is -1.67. The van der Waals surface area contributed by atoms with Gasteiger partial charge in [-0.15, -0.1) is 0 Å². The third-order valence-corrected chi connectivity index (χ3v) is 8.82. The van der Waals surface area contributed by atoms with Crippen molar-refractivity contribution >= 4 is 11.9 Å². The van der Waals surface area contributed by atoms with Crippen molar-refractivity contribution in [2.45, 2.75) is 70.1 Å². The van der Waals surface area contributed by atoms with E-state index < -0.39 is 36.8 Å². The summed E-state index contributed by atoms with van der Waals surface area (Å²) < 4.78 is 20.6. The number of nitrogens with one attached hydrogen (secondary N) is 1. The number of carbonyl (C=O) groups excluding carboxylic acids is 1. The third-order valence-electron chi connectivity index (χ3n) is 8.82. The van der Waals surface area contributed by atoms with E-state index in [0.717, 1.165) is 55.8 Å². The van der Waals surface area contributed by atoms with Crippen LogP contribution in [0.1, 0.15) is 42.9 Å². The fraction of sp³-hybridized carbons (Fsp3) is 0.656. The van der Waals surface area contributed by atoms with Crippen LogP contribution in [0.5, 0.6) is 0 Å². The van der Waals surface area contributed by atoms with Gasteiger partial charge in [-0.05, 0) is 54.4 Å². The highest BCUT2D eigenvalue weighted by atomic mass is 19.1. The van der Waals surface area contributed by atoms with Crippen molar-refractivity contribution in [3.63, 3.8) is 0 Å². The predicted octanol–water partition coefficient (Wildman–Crippen LogP) is 0.0278. The maximum absolute atomic E-state index is 14.8. The SMILES string of the molecule is CCc1cnc(N2CCC(CCOCc3ccc(CC(=O)N4CC(CNC[C@H](O)[C@@H](O)[C@H](O)[C@H](O)CO)C4)c(F)c3)CC2)nc1. The molecule has 4 atom stereocenters. The number of benzene rings is 1. The Morgan fingerprint density at radius 1 is 1.04 bits per heavy atom. The zero-order valence-electron chi connectivity index (χ0n) is 26.0. The number of piperidine rings is 1. The van der Waals surface area contributed by atoms with Crippen molar-refractivity contribution in [2.75, 3.05) is 57.4 Å². The third kappa shape index (κ3) is 10.1. The second-order valence-electron chi connectivity index (χ2n) is 12.2. The fourth-order valence-electron chi connectivity index (χ4n) is 5.68. The number of anilines is 1. The highest BCUT2D eigenvalue weighted by Gasteiger charge is 2.32. The van der Waals surface area contributed by atoms with Crippen LogP contribution in [0.15, 0.2) is 30.6 Å². The molecule has 0 radical (unpaired) electrons. The first-order chi connectivity index (χ1) is 21.7. The van der Waals surface area contributed by atoms with Gasteiger partial charge in [-0.2, -0.15) is 0 Å². The molecule has 13 heteroatoms. The maximum Gasteiger partial charge on any atom is 0.227 e. The lowest BCUT2D eigenvalue weighted by Gasteiger charge is -2.39. The summed E-state index contributed by atoms with van der Waals surface area (Å²) in [7, 11) is 0. The maximum atomic E-state index is 14.8. The molecule has 2 aromatic rings. The van der Waals surface area contributed by atoms with Gasteiger partial charge in [0, 0.05) is 64.2 Å². The van der Waals surface area contributed by atoms with E-state index in [-0.39, 0.29) is 24.8 Å². The molecule has 1 aromatic heterocycles. The van der Waals surface area contributed by atoms with Crippen LogP contribution in [0.25, 0.3) is 0 Å². The topological polar surface area (TPSA) is 172 Å². The molecule has 1 aromatic carbocycles. The average molecular weight is 634 g/mol.